The number of alkyl halides is 1. The zero-order valence-electron chi connectivity index (χ0n) is 13.2. The monoisotopic (exact) mass is 410 g/mol. The first-order valence-electron chi connectivity index (χ1n) is 7.21. The van der Waals surface area contributed by atoms with Crippen LogP contribution in [0, 0.1) is 11.1 Å². The fourth-order valence-corrected chi connectivity index (χ4v) is 3.14. The van der Waals surface area contributed by atoms with E-state index in [1.807, 2.05) is 50.3 Å². The van der Waals surface area contributed by atoms with Gasteiger partial charge in [-0.05, 0) is 40.5 Å². The van der Waals surface area contributed by atoms with Gasteiger partial charge in [0.1, 0.15) is 0 Å². The summed E-state index contributed by atoms with van der Waals surface area (Å²) < 4.78 is 0.439. The number of rotatable bonds is 6. The van der Waals surface area contributed by atoms with Gasteiger partial charge >= 0.3 is 0 Å². The van der Waals surface area contributed by atoms with Gasteiger partial charge in [0.15, 0.2) is 0 Å². The zero-order chi connectivity index (χ0) is 16.3. The van der Waals surface area contributed by atoms with Crippen molar-refractivity contribution in [2.75, 3.05) is 17.5 Å². The van der Waals surface area contributed by atoms with Crippen molar-refractivity contribution in [1.29, 1.82) is 0 Å². The Kier molecular flexibility index (Phi) is 6.42. The molecule has 7 heteroatoms. The lowest BCUT2D eigenvalue weighted by Crippen LogP contribution is -2.48. The van der Waals surface area contributed by atoms with Gasteiger partial charge in [0.2, 0.25) is 11.8 Å². The number of hydroxylamine groups is 2. The summed E-state index contributed by atoms with van der Waals surface area (Å²) in [6.07, 6.45) is 1.24. The standard InChI is InChI=1S/C14H25IN3O3/c1-13(2)8-10(14(3,4)18(13)21)12(20)17-7-5-6-16-11(19)9-15/h10H,5-9H2,1-4H3,(H,16,19)(H,17,20)/q-1. The average Bonchev–Trinajstić information content (AvgIpc) is 2.58. The van der Waals surface area contributed by atoms with Crippen molar-refractivity contribution in [2.45, 2.75) is 51.6 Å². The molecule has 1 rings (SSSR count). The van der Waals surface area contributed by atoms with Gasteiger partial charge in [0.05, 0.1) is 10.3 Å². The van der Waals surface area contributed by atoms with Crippen molar-refractivity contribution in [1.82, 2.24) is 15.7 Å². The highest BCUT2D eigenvalue weighted by molar-refractivity contribution is 14.1. The molecule has 2 N–H and O–H groups in total. The molecule has 2 amide bonds. The molecule has 1 atom stereocenters. The second kappa shape index (κ2) is 7.23. The van der Waals surface area contributed by atoms with Gasteiger partial charge in [-0.1, -0.05) is 22.6 Å². The molecule has 1 saturated heterocycles. The van der Waals surface area contributed by atoms with Crippen LogP contribution < -0.4 is 10.6 Å². The van der Waals surface area contributed by atoms with E-state index in [9.17, 15) is 14.8 Å². The lowest BCUT2D eigenvalue weighted by atomic mass is 9.86. The molecule has 0 aromatic heterocycles. The van der Waals surface area contributed by atoms with Crippen molar-refractivity contribution < 1.29 is 9.59 Å². The maximum atomic E-state index is 12.3. The van der Waals surface area contributed by atoms with E-state index in [0.717, 1.165) is 5.06 Å². The van der Waals surface area contributed by atoms with E-state index >= 15 is 0 Å². The number of amides is 2. The Morgan fingerprint density at radius 3 is 2.29 bits per heavy atom. The summed E-state index contributed by atoms with van der Waals surface area (Å²) >= 11 is 2.00. The van der Waals surface area contributed by atoms with Gasteiger partial charge in [0, 0.05) is 24.2 Å². The van der Waals surface area contributed by atoms with E-state index in [2.05, 4.69) is 10.6 Å². The number of hydrogen-bond donors (Lipinski definition) is 2. The van der Waals surface area contributed by atoms with Crippen LogP contribution in [0.5, 0.6) is 0 Å². The molecule has 0 aromatic rings. The molecular weight excluding hydrogens is 385 g/mol. The van der Waals surface area contributed by atoms with Gasteiger partial charge in [-0.25, -0.2) is 0 Å². The molecule has 0 radical (unpaired) electrons. The SMILES string of the molecule is CC1(C)CC(C(=O)NCCCNC(=O)CI)C(C)(C)N1[O-]. The normalized spacial score (nSPS) is 23.8. The Bertz CT molecular complexity index is 399. The lowest BCUT2D eigenvalue weighted by molar-refractivity contribution is -0.126. The fraction of sp³-hybridized carbons (Fsp3) is 0.857. The molecule has 1 heterocycles. The number of halogens is 1. The largest absolute Gasteiger partial charge is 0.784 e. The van der Waals surface area contributed by atoms with Crippen LogP contribution in [0.15, 0.2) is 0 Å². The van der Waals surface area contributed by atoms with Crippen molar-refractivity contribution >= 4 is 34.4 Å². The highest BCUT2D eigenvalue weighted by atomic mass is 127. The van der Waals surface area contributed by atoms with Gasteiger partial charge in [-0.2, -0.15) is 0 Å². The van der Waals surface area contributed by atoms with E-state index in [1.165, 1.54) is 0 Å². The Hall–Kier alpha value is -0.410. The second-order valence-corrected chi connectivity index (χ2v) is 7.41. The second-order valence-electron chi connectivity index (χ2n) is 6.65. The third-order valence-corrected chi connectivity index (χ3v) is 4.74. The van der Waals surface area contributed by atoms with Crippen LogP contribution >= 0.6 is 22.6 Å². The minimum absolute atomic E-state index is 0.00241. The zero-order valence-corrected chi connectivity index (χ0v) is 15.3. The topological polar surface area (TPSA) is 84.5 Å². The third-order valence-electron chi connectivity index (χ3n) is 4.04. The molecule has 0 aromatic carbocycles. The van der Waals surface area contributed by atoms with Crippen LogP contribution in [0.4, 0.5) is 0 Å². The number of hydrogen-bond acceptors (Lipinski definition) is 4. The first kappa shape index (κ1) is 18.6. The maximum Gasteiger partial charge on any atom is 0.229 e. The number of nitrogens with zero attached hydrogens (tertiary/aromatic N) is 1. The molecule has 6 nitrogen and oxygen atoms in total. The van der Waals surface area contributed by atoms with Gasteiger partial charge in [-0.15, -0.1) is 0 Å². The Morgan fingerprint density at radius 2 is 1.81 bits per heavy atom. The summed E-state index contributed by atoms with van der Waals surface area (Å²) in [6.45, 7) is 8.43. The number of carbonyl (C=O) groups is 2. The van der Waals surface area contributed by atoms with Crippen LogP contribution in [-0.2, 0) is 9.59 Å². The third kappa shape index (κ3) is 4.53. The van der Waals surface area contributed by atoms with Crippen molar-refractivity contribution in [3.8, 4) is 0 Å². The molecule has 0 spiro atoms. The molecular formula is C14H25IN3O3-. The van der Waals surface area contributed by atoms with Gasteiger partial charge in [-0.3, -0.25) is 9.59 Å². The summed E-state index contributed by atoms with van der Waals surface area (Å²) in [7, 11) is 0. The van der Waals surface area contributed by atoms with Gasteiger partial charge in [0.25, 0.3) is 0 Å². The van der Waals surface area contributed by atoms with Crippen molar-refractivity contribution in [3.05, 3.63) is 5.21 Å². The van der Waals surface area contributed by atoms with Crippen LogP contribution in [0.3, 0.4) is 0 Å². The lowest BCUT2D eigenvalue weighted by Gasteiger charge is -2.47. The predicted octanol–water partition coefficient (Wildman–Crippen LogP) is 1.42. The molecule has 0 saturated carbocycles. The van der Waals surface area contributed by atoms with E-state index in [-0.39, 0.29) is 17.7 Å². The highest BCUT2D eigenvalue weighted by Crippen LogP contribution is 2.44. The molecule has 1 aliphatic heterocycles. The summed E-state index contributed by atoms with van der Waals surface area (Å²) in [6, 6.07) is 0. The number of nitrogens with one attached hydrogen (secondary N) is 2. The highest BCUT2D eigenvalue weighted by Gasteiger charge is 2.49. The fourth-order valence-electron chi connectivity index (χ4n) is 2.87. The van der Waals surface area contributed by atoms with Crippen LogP contribution in [0.25, 0.3) is 0 Å². The van der Waals surface area contributed by atoms with Crippen LogP contribution in [-0.4, -0.2) is 45.5 Å². The summed E-state index contributed by atoms with van der Waals surface area (Å²) in [5.41, 5.74) is -1.21. The Balaban J connectivity index is 2.41. The van der Waals surface area contributed by atoms with E-state index < -0.39 is 11.1 Å². The summed E-state index contributed by atoms with van der Waals surface area (Å²) in [5.74, 6) is -0.386. The van der Waals surface area contributed by atoms with Crippen molar-refractivity contribution in [2.24, 2.45) is 5.92 Å². The molecule has 0 bridgehead atoms. The Morgan fingerprint density at radius 1 is 1.24 bits per heavy atom. The average molecular weight is 410 g/mol. The minimum atomic E-state index is -0.691. The van der Waals surface area contributed by atoms with Crippen LogP contribution in [0.1, 0.15) is 40.5 Å². The smallest absolute Gasteiger partial charge is 0.229 e. The molecule has 1 unspecified atom stereocenters. The molecule has 0 aliphatic carbocycles. The molecule has 1 aliphatic rings. The maximum absolute atomic E-state index is 12.3. The molecule has 21 heavy (non-hydrogen) atoms. The predicted molar refractivity (Wildman–Crippen MR) is 91.0 cm³/mol. The first-order valence-corrected chi connectivity index (χ1v) is 8.73. The van der Waals surface area contributed by atoms with E-state index in [4.69, 9.17) is 0 Å². The quantitative estimate of drug-likeness (QED) is 0.394. The first-order chi connectivity index (χ1) is 9.63. The van der Waals surface area contributed by atoms with E-state index in [0.29, 0.717) is 30.4 Å². The molecule has 122 valence electrons. The molecule has 1 fully saturated rings. The van der Waals surface area contributed by atoms with Crippen molar-refractivity contribution in [3.63, 3.8) is 0 Å². The minimum Gasteiger partial charge on any atom is -0.784 e. The van der Waals surface area contributed by atoms with Crippen LogP contribution in [0.2, 0.25) is 0 Å². The summed E-state index contributed by atoms with van der Waals surface area (Å²) in [5, 5.41) is 18.9. The Labute approximate surface area is 140 Å². The number of carbonyl (C=O) groups excluding carboxylic acids is 2. The summed E-state index contributed by atoms with van der Waals surface area (Å²) in [4.78, 5) is 23.3. The van der Waals surface area contributed by atoms with Gasteiger partial charge < -0.3 is 20.9 Å². The van der Waals surface area contributed by atoms with E-state index in [1.54, 1.807) is 0 Å².